The molecule has 0 aliphatic carbocycles. The molecule has 7 aromatic rings. The Bertz CT molecular complexity index is 2140. The smallest absolute Gasteiger partial charge is 0.160 e. The van der Waals surface area contributed by atoms with Crippen LogP contribution in [0.1, 0.15) is 11.7 Å². The van der Waals surface area contributed by atoms with Crippen LogP contribution in [0, 0.1) is 0 Å². The van der Waals surface area contributed by atoms with Crippen LogP contribution >= 0.6 is 0 Å². The van der Waals surface area contributed by atoms with Crippen molar-refractivity contribution in [2.24, 2.45) is 4.99 Å². The van der Waals surface area contributed by atoms with Gasteiger partial charge in [-0.3, -0.25) is 4.99 Å². The fraction of sp³-hybridized carbons (Fsp3) is 0.0263. The van der Waals surface area contributed by atoms with Crippen molar-refractivity contribution in [3.63, 3.8) is 0 Å². The van der Waals surface area contributed by atoms with Crippen LogP contribution in [0.3, 0.4) is 0 Å². The lowest BCUT2D eigenvalue weighted by Crippen LogP contribution is -2.17. The normalized spacial score (nSPS) is 14.1. The van der Waals surface area contributed by atoms with Gasteiger partial charge in [0.2, 0.25) is 0 Å². The van der Waals surface area contributed by atoms with Crippen LogP contribution in [-0.2, 0) is 0 Å². The summed E-state index contributed by atoms with van der Waals surface area (Å²) in [6.07, 6.45) is 9.01. The van der Waals surface area contributed by atoms with E-state index >= 15 is 0 Å². The molecule has 0 bridgehead atoms. The number of aromatic nitrogens is 4. The van der Waals surface area contributed by atoms with Crippen molar-refractivity contribution in [1.29, 1.82) is 0 Å². The third-order valence-corrected chi connectivity index (χ3v) is 7.92. The van der Waals surface area contributed by atoms with Gasteiger partial charge in [0.15, 0.2) is 11.6 Å². The van der Waals surface area contributed by atoms with Crippen molar-refractivity contribution in [3.05, 3.63) is 145 Å². The molecule has 1 unspecified atom stereocenters. The molecule has 6 heteroatoms. The van der Waals surface area contributed by atoms with Crippen molar-refractivity contribution in [2.75, 3.05) is 0 Å². The van der Waals surface area contributed by atoms with Gasteiger partial charge in [-0.05, 0) is 52.0 Å². The largest absolute Gasteiger partial charge is 0.366 e. The average molecular weight is 567 g/mol. The molecule has 44 heavy (non-hydrogen) atoms. The van der Waals surface area contributed by atoms with Gasteiger partial charge in [-0.2, -0.15) is 0 Å². The van der Waals surface area contributed by atoms with Gasteiger partial charge >= 0.3 is 0 Å². The molecule has 0 amide bonds. The molecule has 2 aromatic heterocycles. The number of fused-ring (bicyclic) bond motifs is 2. The fourth-order valence-corrected chi connectivity index (χ4v) is 5.93. The molecule has 1 N–H and O–H groups in total. The first-order valence-corrected chi connectivity index (χ1v) is 14.5. The number of nitrogens with zero attached hydrogens (tertiary/aromatic N) is 5. The molecular weight excluding hydrogens is 540 g/mol. The van der Waals surface area contributed by atoms with Gasteiger partial charge in [-0.1, -0.05) is 97.1 Å². The summed E-state index contributed by atoms with van der Waals surface area (Å²) in [6.45, 7) is 0. The van der Waals surface area contributed by atoms with Crippen molar-refractivity contribution in [2.45, 2.75) is 6.17 Å². The minimum atomic E-state index is -0.259. The average Bonchev–Trinajstić information content (AvgIpc) is 3.11. The lowest BCUT2D eigenvalue weighted by Gasteiger charge is -2.22. The SMILES string of the molecule is C1=CNC(c2c3ccccc3c(-c3ncccn3)c3ccc(-c4nc(-c5ccccc5)cc(-c5ccccc5)n4)cc23)N=C1. The molecule has 6 nitrogen and oxygen atoms in total. The van der Waals surface area contributed by atoms with E-state index in [1.54, 1.807) is 12.4 Å². The summed E-state index contributed by atoms with van der Waals surface area (Å²) in [5.41, 5.74) is 6.81. The zero-order valence-electron chi connectivity index (χ0n) is 23.7. The van der Waals surface area contributed by atoms with Crippen LogP contribution in [0.2, 0.25) is 0 Å². The van der Waals surface area contributed by atoms with Crippen molar-refractivity contribution < 1.29 is 0 Å². The topological polar surface area (TPSA) is 76.0 Å². The Hall–Kier alpha value is -6.01. The minimum Gasteiger partial charge on any atom is -0.366 e. The Morgan fingerprint density at radius 1 is 0.523 bits per heavy atom. The number of benzene rings is 5. The molecule has 0 saturated carbocycles. The predicted octanol–water partition coefficient (Wildman–Crippen LogP) is 8.43. The molecule has 0 spiro atoms. The van der Waals surface area contributed by atoms with Gasteiger partial charge < -0.3 is 5.32 Å². The molecule has 1 atom stereocenters. The van der Waals surface area contributed by atoms with Crippen LogP contribution in [-0.4, -0.2) is 26.2 Å². The highest BCUT2D eigenvalue weighted by molar-refractivity contribution is 6.15. The Balaban J connectivity index is 1.42. The van der Waals surface area contributed by atoms with E-state index in [0.29, 0.717) is 11.6 Å². The van der Waals surface area contributed by atoms with Gasteiger partial charge in [0.1, 0.15) is 6.17 Å². The summed E-state index contributed by atoms with van der Waals surface area (Å²) in [5.74, 6) is 1.34. The number of nitrogens with one attached hydrogen (secondary N) is 1. The molecule has 5 aromatic carbocycles. The first-order valence-electron chi connectivity index (χ1n) is 14.5. The van der Waals surface area contributed by atoms with E-state index in [9.17, 15) is 0 Å². The van der Waals surface area contributed by atoms with Crippen molar-refractivity contribution in [1.82, 2.24) is 25.3 Å². The van der Waals surface area contributed by atoms with E-state index in [4.69, 9.17) is 15.0 Å². The second kappa shape index (κ2) is 11.0. The minimum absolute atomic E-state index is 0.259. The highest BCUT2D eigenvalue weighted by Crippen LogP contribution is 2.42. The van der Waals surface area contributed by atoms with E-state index in [0.717, 1.165) is 60.8 Å². The third-order valence-electron chi connectivity index (χ3n) is 7.92. The summed E-state index contributed by atoms with van der Waals surface area (Å²) in [5, 5.41) is 7.72. The lowest BCUT2D eigenvalue weighted by atomic mass is 9.89. The predicted molar refractivity (Wildman–Crippen MR) is 178 cm³/mol. The number of hydrogen-bond acceptors (Lipinski definition) is 6. The van der Waals surface area contributed by atoms with Crippen LogP contribution in [0.25, 0.3) is 66.8 Å². The summed E-state index contributed by atoms with van der Waals surface area (Å²) in [6, 6.07) is 39.3. The summed E-state index contributed by atoms with van der Waals surface area (Å²) >= 11 is 0. The van der Waals surface area contributed by atoms with E-state index in [1.807, 2.05) is 61.0 Å². The lowest BCUT2D eigenvalue weighted by molar-refractivity contribution is 0.663. The summed E-state index contributed by atoms with van der Waals surface area (Å²) < 4.78 is 0. The standard InChI is InChI=1S/C38H26N6/c1-3-11-25(12-4-1)32-24-33(26-13-5-2-6-14-26)44-36(43-32)27-17-18-30-31(23-27)35(38-41-21-10-22-42-38)29-16-8-7-15-28(29)34(30)37-39-19-9-20-40-37/h1-24,38,41H. The number of aliphatic imine (C=N–C) groups is 1. The summed E-state index contributed by atoms with van der Waals surface area (Å²) in [4.78, 5) is 24.4. The first-order chi connectivity index (χ1) is 21.8. The fourth-order valence-electron chi connectivity index (χ4n) is 5.93. The molecule has 1 aliphatic rings. The van der Waals surface area contributed by atoms with Gasteiger partial charge in [0.25, 0.3) is 0 Å². The number of hydrogen-bond donors (Lipinski definition) is 1. The monoisotopic (exact) mass is 566 g/mol. The molecule has 0 radical (unpaired) electrons. The summed E-state index contributed by atoms with van der Waals surface area (Å²) in [7, 11) is 0. The van der Waals surface area contributed by atoms with Crippen LogP contribution in [0.4, 0.5) is 0 Å². The van der Waals surface area contributed by atoms with Crippen molar-refractivity contribution in [3.8, 4) is 45.3 Å². The maximum Gasteiger partial charge on any atom is 0.160 e. The zero-order valence-corrected chi connectivity index (χ0v) is 23.7. The van der Waals surface area contributed by atoms with Crippen LogP contribution in [0.15, 0.2) is 145 Å². The molecule has 8 rings (SSSR count). The second-order valence-electron chi connectivity index (χ2n) is 10.6. The maximum absolute atomic E-state index is 5.10. The van der Waals surface area contributed by atoms with Crippen molar-refractivity contribution >= 4 is 27.8 Å². The quantitative estimate of drug-likeness (QED) is 0.212. The molecule has 208 valence electrons. The zero-order chi connectivity index (χ0) is 29.3. The third kappa shape index (κ3) is 4.59. The highest BCUT2D eigenvalue weighted by Gasteiger charge is 2.23. The molecule has 0 saturated heterocycles. The molecular formula is C38H26N6. The molecule has 3 heterocycles. The van der Waals surface area contributed by atoms with E-state index < -0.39 is 0 Å². The van der Waals surface area contributed by atoms with Gasteiger partial charge in [-0.25, -0.2) is 19.9 Å². The van der Waals surface area contributed by atoms with Crippen LogP contribution < -0.4 is 5.32 Å². The maximum atomic E-state index is 5.10. The van der Waals surface area contributed by atoms with E-state index in [-0.39, 0.29) is 6.17 Å². The van der Waals surface area contributed by atoms with Gasteiger partial charge in [0.05, 0.1) is 11.4 Å². The Morgan fingerprint density at radius 2 is 1.16 bits per heavy atom. The molecule has 1 aliphatic heterocycles. The Morgan fingerprint density at radius 3 is 1.82 bits per heavy atom. The van der Waals surface area contributed by atoms with Gasteiger partial charge in [0, 0.05) is 46.4 Å². The Kier molecular flexibility index (Phi) is 6.42. The first kappa shape index (κ1) is 25.7. The Labute approximate surface area is 254 Å². The van der Waals surface area contributed by atoms with Crippen LogP contribution in [0.5, 0.6) is 0 Å². The van der Waals surface area contributed by atoms with E-state index in [1.165, 1.54) is 0 Å². The van der Waals surface area contributed by atoms with Gasteiger partial charge in [-0.15, -0.1) is 0 Å². The number of allylic oxidation sites excluding steroid dienone is 1. The highest BCUT2D eigenvalue weighted by atomic mass is 15.1. The number of rotatable bonds is 5. The molecule has 0 fully saturated rings. The second-order valence-corrected chi connectivity index (χ2v) is 10.6. The van der Waals surface area contributed by atoms with E-state index in [2.05, 4.69) is 88.1 Å².